The van der Waals surface area contributed by atoms with Gasteiger partial charge in [0, 0.05) is 23.9 Å². The number of rotatable bonds is 8. The van der Waals surface area contributed by atoms with Crippen molar-refractivity contribution in [3.63, 3.8) is 0 Å². The lowest BCUT2D eigenvalue weighted by molar-refractivity contribution is -0.137. The number of carboxylic acids is 1. The molecule has 0 saturated heterocycles. The van der Waals surface area contributed by atoms with Gasteiger partial charge in [0.25, 0.3) is 0 Å². The van der Waals surface area contributed by atoms with Gasteiger partial charge in [0.2, 0.25) is 11.8 Å². The standard InChI is InChI=1S/C20H21N3O5/c21-16(6-7-19(25)26)20(27)22-14-3-1-2-12(8-14)11-28-15-5-4-13-9-18(24)23-17(13)10-15/h1-5,8,10,16H,6-7,9,11,21H2,(H,22,27)(H,23,24)(H,25,26)/t16-/m0/s1. The van der Waals surface area contributed by atoms with Gasteiger partial charge >= 0.3 is 5.97 Å². The minimum atomic E-state index is -0.992. The number of hydrogen-bond acceptors (Lipinski definition) is 5. The molecular formula is C20H21N3O5. The topological polar surface area (TPSA) is 131 Å². The SMILES string of the molecule is N[C@@H](CCC(=O)O)C(=O)Nc1cccc(COc2ccc3c(c2)NC(=O)C3)c1. The van der Waals surface area contributed by atoms with Crippen LogP contribution in [0, 0.1) is 0 Å². The molecule has 5 N–H and O–H groups in total. The van der Waals surface area contributed by atoms with Crippen molar-refractivity contribution in [2.45, 2.75) is 31.9 Å². The van der Waals surface area contributed by atoms with Crippen molar-refractivity contribution in [2.75, 3.05) is 10.6 Å². The number of anilines is 2. The van der Waals surface area contributed by atoms with Crippen LogP contribution in [0.1, 0.15) is 24.0 Å². The van der Waals surface area contributed by atoms with E-state index in [-0.39, 0.29) is 25.4 Å². The maximum atomic E-state index is 12.1. The van der Waals surface area contributed by atoms with Crippen LogP contribution in [0.4, 0.5) is 11.4 Å². The molecule has 0 saturated carbocycles. The molecule has 0 spiro atoms. The van der Waals surface area contributed by atoms with Crippen molar-refractivity contribution in [2.24, 2.45) is 5.73 Å². The minimum Gasteiger partial charge on any atom is -0.489 e. The summed E-state index contributed by atoms with van der Waals surface area (Å²) >= 11 is 0. The molecule has 1 aliphatic rings. The van der Waals surface area contributed by atoms with Crippen molar-refractivity contribution in [1.29, 1.82) is 0 Å². The number of fused-ring (bicyclic) bond motifs is 1. The summed E-state index contributed by atoms with van der Waals surface area (Å²) in [5.41, 5.74) is 8.81. The highest BCUT2D eigenvalue weighted by atomic mass is 16.5. The molecule has 8 heteroatoms. The van der Waals surface area contributed by atoms with Crippen LogP contribution in [0.2, 0.25) is 0 Å². The van der Waals surface area contributed by atoms with E-state index in [1.54, 1.807) is 24.3 Å². The molecule has 0 aromatic heterocycles. The molecule has 0 bridgehead atoms. The van der Waals surface area contributed by atoms with E-state index in [0.717, 1.165) is 16.8 Å². The molecule has 1 atom stereocenters. The van der Waals surface area contributed by atoms with Crippen LogP contribution in [0.3, 0.4) is 0 Å². The first-order valence-electron chi connectivity index (χ1n) is 8.83. The zero-order chi connectivity index (χ0) is 20.1. The van der Waals surface area contributed by atoms with E-state index in [4.69, 9.17) is 15.6 Å². The molecule has 146 valence electrons. The molecule has 28 heavy (non-hydrogen) atoms. The second-order valence-electron chi connectivity index (χ2n) is 6.56. The first-order valence-corrected chi connectivity index (χ1v) is 8.83. The number of ether oxygens (including phenoxy) is 1. The lowest BCUT2D eigenvalue weighted by atomic mass is 10.1. The summed E-state index contributed by atoms with van der Waals surface area (Å²) in [5.74, 6) is -0.828. The highest BCUT2D eigenvalue weighted by molar-refractivity contribution is 5.99. The maximum absolute atomic E-state index is 12.1. The Morgan fingerprint density at radius 3 is 2.86 bits per heavy atom. The summed E-state index contributed by atoms with van der Waals surface area (Å²) in [6, 6.07) is 11.7. The number of nitrogens with one attached hydrogen (secondary N) is 2. The summed E-state index contributed by atoms with van der Waals surface area (Å²) in [6.07, 6.45) is 0.286. The molecule has 2 aromatic carbocycles. The molecule has 8 nitrogen and oxygen atoms in total. The van der Waals surface area contributed by atoms with Gasteiger partial charge in [-0.3, -0.25) is 14.4 Å². The monoisotopic (exact) mass is 383 g/mol. The molecule has 2 aromatic rings. The molecule has 0 unspecified atom stereocenters. The Morgan fingerprint density at radius 1 is 1.25 bits per heavy atom. The predicted molar refractivity (Wildman–Crippen MR) is 103 cm³/mol. The van der Waals surface area contributed by atoms with E-state index in [2.05, 4.69) is 10.6 Å². The Morgan fingerprint density at radius 2 is 2.07 bits per heavy atom. The van der Waals surface area contributed by atoms with Gasteiger partial charge < -0.3 is 26.2 Å². The number of benzene rings is 2. The van der Waals surface area contributed by atoms with E-state index in [1.165, 1.54) is 0 Å². The van der Waals surface area contributed by atoms with Crippen molar-refractivity contribution >= 4 is 29.2 Å². The Balaban J connectivity index is 1.56. The van der Waals surface area contributed by atoms with Crippen LogP contribution < -0.4 is 21.1 Å². The van der Waals surface area contributed by atoms with Crippen LogP contribution >= 0.6 is 0 Å². The van der Waals surface area contributed by atoms with Gasteiger partial charge in [0.15, 0.2) is 0 Å². The first-order chi connectivity index (χ1) is 13.4. The third-order valence-corrected chi connectivity index (χ3v) is 4.31. The van der Waals surface area contributed by atoms with Gasteiger partial charge in [-0.25, -0.2) is 0 Å². The predicted octanol–water partition coefficient (Wildman–Crippen LogP) is 1.89. The highest BCUT2D eigenvalue weighted by Crippen LogP contribution is 2.28. The van der Waals surface area contributed by atoms with Crippen LogP contribution in [0.15, 0.2) is 42.5 Å². The Hall–Kier alpha value is -3.39. The summed E-state index contributed by atoms with van der Waals surface area (Å²) < 4.78 is 5.77. The van der Waals surface area contributed by atoms with E-state index in [0.29, 0.717) is 17.9 Å². The number of aliphatic carboxylic acids is 1. The lowest BCUT2D eigenvalue weighted by Gasteiger charge is -2.13. The zero-order valence-corrected chi connectivity index (χ0v) is 15.1. The van der Waals surface area contributed by atoms with Crippen molar-refractivity contribution in [3.05, 3.63) is 53.6 Å². The summed E-state index contributed by atoms with van der Waals surface area (Å²) in [5, 5.41) is 14.1. The van der Waals surface area contributed by atoms with Crippen molar-refractivity contribution in [1.82, 2.24) is 0 Å². The maximum Gasteiger partial charge on any atom is 0.303 e. The van der Waals surface area contributed by atoms with E-state index in [9.17, 15) is 14.4 Å². The molecule has 3 rings (SSSR count). The average Bonchev–Trinajstić information content (AvgIpc) is 3.03. The minimum absolute atomic E-state index is 0.0304. The molecule has 1 aliphatic heterocycles. The molecule has 0 fully saturated rings. The number of hydrogen-bond donors (Lipinski definition) is 4. The van der Waals surface area contributed by atoms with Crippen LogP contribution in [0.5, 0.6) is 5.75 Å². The number of carbonyl (C=O) groups is 3. The van der Waals surface area contributed by atoms with E-state index < -0.39 is 17.9 Å². The third kappa shape index (κ3) is 5.08. The normalized spacial score (nSPS) is 13.4. The third-order valence-electron chi connectivity index (χ3n) is 4.31. The fourth-order valence-corrected chi connectivity index (χ4v) is 2.83. The summed E-state index contributed by atoms with van der Waals surface area (Å²) in [4.78, 5) is 34.0. The lowest BCUT2D eigenvalue weighted by Crippen LogP contribution is -2.36. The molecule has 1 heterocycles. The zero-order valence-electron chi connectivity index (χ0n) is 15.1. The van der Waals surface area contributed by atoms with Gasteiger partial charge in [-0.05, 0) is 35.7 Å². The number of amides is 2. The van der Waals surface area contributed by atoms with E-state index >= 15 is 0 Å². The molecule has 0 aliphatic carbocycles. The smallest absolute Gasteiger partial charge is 0.303 e. The second kappa shape index (κ2) is 8.53. The van der Waals surface area contributed by atoms with Gasteiger partial charge in [0.1, 0.15) is 12.4 Å². The number of nitrogens with two attached hydrogens (primary N) is 1. The fourth-order valence-electron chi connectivity index (χ4n) is 2.83. The van der Waals surface area contributed by atoms with Gasteiger partial charge in [-0.1, -0.05) is 18.2 Å². The number of carboxylic acid groups (broad SMARTS) is 1. The van der Waals surface area contributed by atoms with Gasteiger partial charge in [-0.15, -0.1) is 0 Å². The highest BCUT2D eigenvalue weighted by Gasteiger charge is 2.18. The summed E-state index contributed by atoms with van der Waals surface area (Å²) in [7, 11) is 0. The molecule has 2 amide bonds. The van der Waals surface area contributed by atoms with Gasteiger partial charge in [0.05, 0.1) is 12.5 Å². The second-order valence-corrected chi connectivity index (χ2v) is 6.56. The Labute approximate surface area is 161 Å². The average molecular weight is 383 g/mol. The van der Waals surface area contributed by atoms with E-state index in [1.807, 2.05) is 18.2 Å². The fraction of sp³-hybridized carbons (Fsp3) is 0.250. The Kier molecular flexibility index (Phi) is 5.90. The summed E-state index contributed by atoms with van der Waals surface area (Å²) in [6.45, 7) is 0.279. The molecular weight excluding hydrogens is 362 g/mol. The largest absolute Gasteiger partial charge is 0.489 e. The van der Waals surface area contributed by atoms with Crippen molar-refractivity contribution < 1.29 is 24.2 Å². The van der Waals surface area contributed by atoms with Crippen LogP contribution in [-0.2, 0) is 27.4 Å². The quantitative estimate of drug-likeness (QED) is 0.551. The van der Waals surface area contributed by atoms with Crippen LogP contribution in [-0.4, -0.2) is 28.9 Å². The van der Waals surface area contributed by atoms with Crippen LogP contribution in [0.25, 0.3) is 0 Å². The van der Waals surface area contributed by atoms with Crippen molar-refractivity contribution in [3.8, 4) is 5.75 Å². The number of carbonyl (C=O) groups excluding carboxylic acids is 2. The van der Waals surface area contributed by atoms with Gasteiger partial charge in [-0.2, -0.15) is 0 Å². The first kappa shape index (κ1) is 19.4. The molecule has 0 radical (unpaired) electrons. The Bertz CT molecular complexity index is 912.